The fourth-order valence-electron chi connectivity index (χ4n) is 2.93. The van der Waals surface area contributed by atoms with Gasteiger partial charge < -0.3 is 10.1 Å². The SMILES string of the molecule is Cl.O=C1Cc2cc(C3=NNC(=NCC4CCCO4)SC3)ccc2N1. The van der Waals surface area contributed by atoms with E-state index < -0.39 is 0 Å². The standard InChI is InChI=1S/C16H18N4O2S.ClH/c21-15-7-11-6-10(3-4-13(11)18-15)14-9-23-16(20-19-14)17-8-12-2-1-5-22-12;/h3-4,6,12H,1-2,5,7-9H2,(H,17,20)(H,18,21);1H. The Morgan fingerprint density at radius 3 is 3.08 bits per heavy atom. The minimum atomic E-state index is 0. The highest BCUT2D eigenvalue weighted by Crippen LogP contribution is 2.25. The van der Waals surface area contributed by atoms with Gasteiger partial charge in [0, 0.05) is 18.0 Å². The molecule has 1 aromatic rings. The van der Waals surface area contributed by atoms with Crippen LogP contribution in [-0.4, -0.2) is 41.8 Å². The summed E-state index contributed by atoms with van der Waals surface area (Å²) in [6, 6.07) is 5.99. The van der Waals surface area contributed by atoms with Gasteiger partial charge in [0.1, 0.15) is 0 Å². The maximum Gasteiger partial charge on any atom is 0.228 e. The third-order valence-electron chi connectivity index (χ3n) is 4.16. The van der Waals surface area contributed by atoms with Crippen LogP contribution in [0, 0.1) is 0 Å². The van der Waals surface area contributed by atoms with Crippen LogP contribution in [0.2, 0.25) is 0 Å². The molecule has 3 heterocycles. The number of ether oxygens (including phenoxy) is 1. The van der Waals surface area contributed by atoms with Crippen molar-refractivity contribution < 1.29 is 9.53 Å². The number of hydrogen-bond donors (Lipinski definition) is 2. The van der Waals surface area contributed by atoms with Crippen LogP contribution in [0.15, 0.2) is 28.3 Å². The number of hydrazone groups is 1. The van der Waals surface area contributed by atoms with E-state index in [1.54, 1.807) is 11.8 Å². The van der Waals surface area contributed by atoms with Crippen molar-refractivity contribution >= 4 is 46.6 Å². The van der Waals surface area contributed by atoms with Crippen molar-refractivity contribution in [3.05, 3.63) is 29.3 Å². The Morgan fingerprint density at radius 2 is 2.33 bits per heavy atom. The molecule has 1 saturated heterocycles. The quantitative estimate of drug-likeness (QED) is 0.859. The normalized spacial score (nSPS) is 24.0. The Hall–Kier alpha value is -1.57. The molecule has 6 nitrogen and oxygen atoms in total. The first-order valence-corrected chi connectivity index (χ1v) is 8.81. The number of halogens is 1. The van der Waals surface area contributed by atoms with Gasteiger partial charge in [0.05, 0.1) is 24.8 Å². The minimum Gasteiger partial charge on any atom is -0.376 e. The number of nitrogens with one attached hydrogen (secondary N) is 2. The second-order valence-corrected chi connectivity index (χ2v) is 6.80. The Bertz CT molecular complexity index is 701. The Balaban J connectivity index is 0.00000169. The molecule has 1 unspecified atom stereocenters. The average Bonchev–Trinajstić information content (AvgIpc) is 3.21. The Morgan fingerprint density at radius 1 is 1.42 bits per heavy atom. The summed E-state index contributed by atoms with van der Waals surface area (Å²) >= 11 is 1.65. The highest BCUT2D eigenvalue weighted by molar-refractivity contribution is 8.14. The van der Waals surface area contributed by atoms with E-state index in [1.165, 1.54) is 0 Å². The third-order valence-corrected chi connectivity index (χ3v) is 5.07. The number of thioether (sulfide) groups is 1. The number of aliphatic imine (C=N–C) groups is 1. The molecule has 3 aliphatic heterocycles. The molecule has 24 heavy (non-hydrogen) atoms. The van der Waals surface area contributed by atoms with E-state index in [1.807, 2.05) is 18.2 Å². The van der Waals surface area contributed by atoms with E-state index >= 15 is 0 Å². The van der Waals surface area contributed by atoms with Gasteiger partial charge in [-0.15, -0.1) is 12.4 Å². The summed E-state index contributed by atoms with van der Waals surface area (Å²) in [5.74, 6) is 0.830. The summed E-state index contributed by atoms with van der Waals surface area (Å²) in [6.07, 6.45) is 2.94. The zero-order valence-corrected chi connectivity index (χ0v) is 14.7. The van der Waals surface area contributed by atoms with Gasteiger partial charge in [-0.25, -0.2) is 0 Å². The smallest absolute Gasteiger partial charge is 0.228 e. The van der Waals surface area contributed by atoms with Gasteiger partial charge in [-0.3, -0.25) is 15.2 Å². The monoisotopic (exact) mass is 366 g/mol. The summed E-state index contributed by atoms with van der Waals surface area (Å²) in [7, 11) is 0. The van der Waals surface area contributed by atoms with Crippen molar-refractivity contribution in [3.8, 4) is 0 Å². The number of amidine groups is 1. The van der Waals surface area contributed by atoms with Crippen LogP contribution < -0.4 is 10.7 Å². The largest absolute Gasteiger partial charge is 0.376 e. The number of nitrogens with zero attached hydrogens (tertiary/aromatic N) is 2. The summed E-state index contributed by atoms with van der Waals surface area (Å²) in [5, 5.41) is 8.14. The summed E-state index contributed by atoms with van der Waals surface area (Å²) < 4.78 is 5.57. The molecule has 0 spiro atoms. The molecule has 2 N–H and O–H groups in total. The molecular weight excluding hydrogens is 348 g/mol. The molecule has 1 atom stereocenters. The molecule has 0 saturated carbocycles. The molecule has 3 aliphatic rings. The number of carbonyl (C=O) groups excluding carboxylic acids is 1. The summed E-state index contributed by atoms with van der Waals surface area (Å²) in [5.41, 5.74) is 7.02. The van der Waals surface area contributed by atoms with Crippen molar-refractivity contribution in [1.29, 1.82) is 0 Å². The first kappa shape index (κ1) is 17.3. The van der Waals surface area contributed by atoms with Gasteiger partial charge in [-0.1, -0.05) is 17.8 Å². The lowest BCUT2D eigenvalue weighted by atomic mass is 10.1. The first-order valence-electron chi connectivity index (χ1n) is 7.82. The van der Waals surface area contributed by atoms with E-state index in [-0.39, 0.29) is 24.4 Å². The van der Waals surface area contributed by atoms with Gasteiger partial charge in [-0.05, 0) is 36.1 Å². The molecule has 1 aromatic carbocycles. The molecule has 0 bridgehead atoms. The van der Waals surface area contributed by atoms with Gasteiger partial charge >= 0.3 is 0 Å². The van der Waals surface area contributed by atoms with Crippen LogP contribution in [-0.2, 0) is 16.0 Å². The predicted molar refractivity (Wildman–Crippen MR) is 99.4 cm³/mol. The van der Waals surface area contributed by atoms with E-state index in [0.29, 0.717) is 13.0 Å². The van der Waals surface area contributed by atoms with Crippen LogP contribution in [0.1, 0.15) is 24.0 Å². The van der Waals surface area contributed by atoms with Crippen molar-refractivity contribution in [2.75, 3.05) is 24.2 Å². The van der Waals surface area contributed by atoms with Gasteiger partial charge in [-0.2, -0.15) is 5.10 Å². The van der Waals surface area contributed by atoms with E-state index in [4.69, 9.17) is 4.74 Å². The molecule has 8 heteroatoms. The molecule has 0 aromatic heterocycles. The average molecular weight is 367 g/mol. The highest BCUT2D eigenvalue weighted by Gasteiger charge is 2.20. The zero-order chi connectivity index (χ0) is 15.6. The molecule has 1 amide bonds. The number of amides is 1. The molecule has 0 radical (unpaired) electrons. The number of rotatable bonds is 3. The van der Waals surface area contributed by atoms with Gasteiger partial charge in [0.15, 0.2) is 5.17 Å². The molecular formula is C16H19ClN4O2S. The van der Waals surface area contributed by atoms with E-state index in [0.717, 1.165) is 52.9 Å². The Labute approximate surface area is 150 Å². The van der Waals surface area contributed by atoms with Gasteiger partial charge in [0.25, 0.3) is 0 Å². The summed E-state index contributed by atoms with van der Waals surface area (Å²) in [6.45, 7) is 1.56. The number of anilines is 1. The molecule has 1 fully saturated rings. The number of fused-ring (bicyclic) bond motifs is 1. The highest BCUT2D eigenvalue weighted by atomic mass is 35.5. The van der Waals surface area contributed by atoms with Crippen molar-refractivity contribution in [2.45, 2.75) is 25.4 Å². The maximum atomic E-state index is 11.4. The zero-order valence-electron chi connectivity index (χ0n) is 13.1. The number of benzene rings is 1. The van der Waals surface area contributed by atoms with Crippen molar-refractivity contribution in [3.63, 3.8) is 0 Å². The number of hydrogen-bond acceptors (Lipinski definition) is 5. The first-order chi connectivity index (χ1) is 11.3. The lowest BCUT2D eigenvalue weighted by Crippen LogP contribution is -2.26. The Kier molecular flexibility index (Phi) is 5.43. The van der Waals surface area contributed by atoms with E-state index in [9.17, 15) is 4.79 Å². The molecule has 128 valence electrons. The van der Waals surface area contributed by atoms with Gasteiger partial charge in [0.2, 0.25) is 5.91 Å². The second-order valence-electron chi connectivity index (χ2n) is 5.84. The lowest BCUT2D eigenvalue weighted by Gasteiger charge is -2.16. The fourth-order valence-corrected chi connectivity index (χ4v) is 3.71. The van der Waals surface area contributed by atoms with Crippen LogP contribution in [0.25, 0.3) is 0 Å². The predicted octanol–water partition coefficient (Wildman–Crippen LogP) is 2.18. The maximum absolute atomic E-state index is 11.4. The molecule has 4 rings (SSSR count). The van der Waals surface area contributed by atoms with Crippen molar-refractivity contribution in [1.82, 2.24) is 5.43 Å². The second kappa shape index (κ2) is 7.55. The van der Waals surface area contributed by atoms with Crippen LogP contribution in [0.5, 0.6) is 0 Å². The topological polar surface area (TPSA) is 75.1 Å². The van der Waals surface area contributed by atoms with Crippen LogP contribution in [0.4, 0.5) is 5.69 Å². The summed E-state index contributed by atoms with van der Waals surface area (Å²) in [4.78, 5) is 16.0. The van der Waals surface area contributed by atoms with Crippen molar-refractivity contribution in [2.24, 2.45) is 10.1 Å². The minimum absolute atomic E-state index is 0. The van der Waals surface area contributed by atoms with E-state index in [2.05, 4.69) is 20.8 Å². The third kappa shape index (κ3) is 3.74. The number of carbonyl (C=O) groups is 1. The lowest BCUT2D eigenvalue weighted by molar-refractivity contribution is -0.115. The van der Waals surface area contributed by atoms with Crippen LogP contribution >= 0.6 is 24.2 Å². The van der Waals surface area contributed by atoms with Crippen LogP contribution in [0.3, 0.4) is 0 Å². The fraction of sp³-hybridized carbons (Fsp3) is 0.438. The molecule has 0 aliphatic carbocycles.